The number of ether oxygens (including phenoxy) is 1. The molecule has 16 heavy (non-hydrogen) atoms. The van der Waals surface area contributed by atoms with E-state index in [1.165, 1.54) is 25.7 Å². The molecule has 2 N–H and O–H groups in total. The third kappa shape index (κ3) is 2.67. The Morgan fingerprint density at radius 2 is 2.12 bits per heavy atom. The van der Waals surface area contributed by atoms with E-state index in [1.807, 2.05) is 6.07 Å². The van der Waals surface area contributed by atoms with Crippen molar-refractivity contribution in [3.05, 3.63) is 23.8 Å². The molecule has 3 nitrogen and oxygen atoms in total. The maximum atomic E-state index is 9.71. The molecule has 3 heteroatoms. The molecule has 1 aromatic rings. The van der Waals surface area contributed by atoms with Crippen LogP contribution in [0.15, 0.2) is 18.2 Å². The number of phenols is 1. The average molecular weight is 221 g/mol. The number of hydrogen-bond acceptors (Lipinski definition) is 3. The van der Waals surface area contributed by atoms with E-state index >= 15 is 0 Å². The molecule has 1 fully saturated rings. The smallest absolute Gasteiger partial charge is 0.120 e. The number of phenolic OH excluding ortho intramolecular Hbond substituents is 1. The molecule has 0 radical (unpaired) electrons. The summed E-state index contributed by atoms with van der Waals surface area (Å²) in [6.45, 7) is 0.716. The Bertz CT molecular complexity index is 346. The first-order chi connectivity index (χ1) is 7.79. The van der Waals surface area contributed by atoms with Crippen molar-refractivity contribution in [3.8, 4) is 11.5 Å². The topological polar surface area (TPSA) is 41.5 Å². The number of rotatable bonds is 4. The minimum Gasteiger partial charge on any atom is -0.508 e. The Hall–Kier alpha value is -1.22. The van der Waals surface area contributed by atoms with Crippen molar-refractivity contribution in [2.45, 2.75) is 38.3 Å². The first-order valence-corrected chi connectivity index (χ1v) is 5.89. The van der Waals surface area contributed by atoms with E-state index in [2.05, 4.69) is 5.32 Å². The molecule has 0 saturated heterocycles. The Balaban J connectivity index is 1.96. The van der Waals surface area contributed by atoms with Gasteiger partial charge in [-0.2, -0.15) is 0 Å². The van der Waals surface area contributed by atoms with E-state index in [0.29, 0.717) is 18.3 Å². The van der Waals surface area contributed by atoms with Crippen LogP contribution >= 0.6 is 0 Å². The second kappa shape index (κ2) is 5.21. The molecule has 0 heterocycles. The molecule has 88 valence electrons. The summed E-state index contributed by atoms with van der Waals surface area (Å²) in [4.78, 5) is 0. The van der Waals surface area contributed by atoms with Gasteiger partial charge in [-0.05, 0) is 31.0 Å². The van der Waals surface area contributed by atoms with Crippen LogP contribution < -0.4 is 10.1 Å². The molecule has 1 aromatic carbocycles. The molecule has 0 atom stereocenters. The second-order valence-electron chi connectivity index (χ2n) is 4.36. The predicted octanol–water partition coefficient (Wildman–Crippen LogP) is 2.43. The molecule has 0 amide bonds. The highest BCUT2D eigenvalue weighted by Gasteiger charge is 2.14. The summed E-state index contributed by atoms with van der Waals surface area (Å²) in [5.74, 6) is 1.13. The molecule has 1 saturated carbocycles. The van der Waals surface area contributed by atoms with Gasteiger partial charge in [0.2, 0.25) is 0 Å². The monoisotopic (exact) mass is 221 g/mol. The first-order valence-electron chi connectivity index (χ1n) is 5.89. The van der Waals surface area contributed by atoms with Crippen molar-refractivity contribution >= 4 is 0 Å². The molecule has 0 unspecified atom stereocenters. The minimum atomic E-state index is 0.339. The van der Waals surface area contributed by atoms with Crippen molar-refractivity contribution in [1.29, 1.82) is 0 Å². The zero-order chi connectivity index (χ0) is 11.4. The van der Waals surface area contributed by atoms with Crippen molar-refractivity contribution < 1.29 is 9.84 Å². The van der Waals surface area contributed by atoms with Gasteiger partial charge in [-0.15, -0.1) is 0 Å². The van der Waals surface area contributed by atoms with Crippen LogP contribution in [0.25, 0.3) is 0 Å². The van der Waals surface area contributed by atoms with Crippen molar-refractivity contribution in [2.75, 3.05) is 7.11 Å². The van der Waals surface area contributed by atoms with Gasteiger partial charge in [0.05, 0.1) is 7.11 Å². The van der Waals surface area contributed by atoms with E-state index in [1.54, 1.807) is 19.2 Å². The van der Waals surface area contributed by atoms with Crippen LogP contribution in [0.2, 0.25) is 0 Å². The quantitative estimate of drug-likeness (QED) is 0.820. The van der Waals surface area contributed by atoms with Gasteiger partial charge in [0.25, 0.3) is 0 Å². The first kappa shape index (κ1) is 11.3. The zero-order valence-corrected chi connectivity index (χ0v) is 9.70. The van der Waals surface area contributed by atoms with E-state index in [9.17, 15) is 5.11 Å². The molecule has 2 rings (SSSR count). The molecule has 0 aliphatic heterocycles. The van der Waals surface area contributed by atoms with Gasteiger partial charge >= 0.3 is 0 Å². The second-order valence-corrected chi connectivity index (χ2v) is 4.36. The van der Waals surface area contributed by atoms with E-state index in [4.69, 9.17) is 4.74 Å². The van der Waals surface area contributed by atoms with Gasteiger partial charge in [-0.1, -0.05) is 12.8 Å². The van der Waals surface area contributed by atoms with Crippen molar-refractivity contribution in [1.82, 2.24) is 5.32 Å². The van der Waals surface area contributed by atoms with E-state index < -0.39 is 0 Å². The fraction of sp³-hybridized carbons (Fsp3) is 0.538. The Morgan fingerprint density at radius 1 is 1.38 bits per heavy atom. The van der Waals surface area contributed by atoms with Gasteiger partial charge in [-0.25, -0.2) is 0 Å². The highest BCUT2D eigenvalue weighted by atomic mass is 16.5. The summed E-state index contributed by atoms with van der Waals surface area (Å²) >= 11 is 0. The zero-order valence-electron chi connectivity index (χ0n) is 9.70. The lowest BCUT2D eigenvalue weighted by atomic mass is 10.1. The highest BCUT2D eigenvalue weighted by molar-refractivity contribution is 5.39. The summed E-state index contributed by atoms with van der Waals surface area (Å²) in [5.41, 5.74) is 0.909. The van der Waals surface area contributed by atoms with Gasteiger partial charge in [-0.3, -0.25) is 0 Å². The van der Waals surface area contributed by atoms with Crippen LogP contribution in [0.3, 0.4) is 0 Å². The lowest BCUT2D eigenvalue weighted by Gasteiger charge is -2.13. The van der Waals surface area contributed by atoms with Crippen LogP contribution in [0.5, 0.6) is 11.5 Å². The lowest BCUT2D eigenvalue weighted by molar-refractivity contribution is 0.409. The molecule has 1 aliphatic carbocycles. The summed E-state index contributed by atoms with van der Waals surface area (Å²) < 4.78 is 5.14. The molecular formula is C13H19NO2. The van der Waals surface area contributed by atoms with Gasteiger partial charge in [0.1, 0.15) is 11.5 Å². The third-order valence-electron chi connectivity index (χ3n) is 3.22. The normalized spacial score (nSPS) is 16.6. The van der Waals surface area contributed by atoms with Crippen LogP contribution in [0, 0.1) is 0 Å². The Kier molecular flexibility index (Phi) is 3.67. The molecule has 0 spiro atoms. The largest absolute Gasteiger partial charge is 0.508 e. The fourth-order valence-corrected chi connectivity index (χ4v) is 2.21. The van der Waals surface area contributed by atoms with Gasteiger partial charge in [0, 0.05) is 18.2 Å². The summed E-state index contributed by atoms with van der Waals surface area (Å²) in [6, 6.07) is 5.96. The average Bonchev–Trinajstić information content (AvgIpc) is 2.81. The molecule has 0 aromatic heterocycles. The Labute approximate surface area is 96.4 Å². The third-order valence-corrected chi connectivity index (χ3v) is 3.22. The van der Waals surface area contributed by atoms with E-state index in [-0.39, 0.29) is 0 Å². The van der Waals surface area contributed by atoms with Crippen LogP contribution in [0.4, 0.5) is 0 Å². The highest BCUT2D eigenvalue weighted by Crippen LogP contribution is 2.24. The Morgan fingerprint density at radius 3 is 2.81 bits per heavy atom. The maximum Gasteiger partial charge on any atom is 0.120 e. The number of aromatic hydroxyl groups is 1. The fourth-order valence-electron chi connectivity index (χ4n) is 2.21. The summed E-state index contributed by atoms with van der Waals surface area (Å²) in [5, 5.41) is 13.2. The minimum absolute atomic E-state index is 0.339. The lowest BCUT2D eigenvalue weighted by Crippen LogP contribution is -2.25. The van der Waals surface area contributed by atoms with Crippen LogP contribution in [0.1, 0.15) is 31.2 Å². The van der Waals surface area contributed by atoms with E-state index in [0.717, 1.165) is 11.3 Å². The predicted molar refractivity (Wildman–Crippen MR) is 63.8 cm³/mol. The van der Waals surface area contributed by atoms with Crippen molar-refractivity contribution in [2.24, 2.45) is 0 Å². The molecular weight excluding hydrogens is 202 g/mol. The number of methoxy groups -OCH3 is 1. The maximum absolute atomic E-state index is 9.71. The summed E-state index contributed by atoms with van der Waals surface area (Å²) in [6.07, 6.45) is 5.15. The van der Waals surface area contributed by atoms with Crippen LogP contribution in [-0.2, 0) is 6.54 Å². The van der Waals surface area contributed by atoms with Crippen molar-refractivity contribution in [3.63, 3.8) is 0 Å². The van der Waals surface area contributed by atoms with Crippen LogP contribution in [-0.4, -0.2) is 18.3 Å². The standard InChI is InChI=1S/C13H19NO2/c1-16-12-6-7-13(15)10(8-12)9-14-11-4-2-3-5-11/h6-8,11,14-15H,2-5,9H2,1H3. The number of hydrogen-bond donors (Lipinski definition) is 2. The van der Waals surface area contributed by atoms with Gasteiger partial charge < -0.3 is 15.2 Å². The molecule has 0 bridgehead atoms. The SMILES string of the molecule is COc1ccc(O)c(CNC2CCCC2)c1. The molecule has 1 aliphatic rings. The number of nitrogens with one attached hydrogen (secondary N) is 1. The summed E-state index contributed by atoms with van der Waals surface area (Å²) in [7, 11) is 1.64. The van der Waals surface area contributed by atoms with Gasteiger partial charge in [0.15, 0.2) is 0 Å². The number of benzene rings is 1.